The Morgan fingerprint density at radius 2 is 1.87 bits per heavy atom. The van der Waals surface area contributed by atoms with Crippen molar-refractivity contribution in [2.24, 2.45) is 10.7 Å². The highest BCUT2D eigenvalue weighted by molar-refractivity contribution is 6.31. The SMILES string of the molecule is NC(=NCC1(c2ccccc2Cl)CCOCC1)N1CCCCC1. The zero-order valence-corrected chi connectivity index (χ0v) is 14.4. The van der Waals surface area contributed by atoms with Crippen molar-refractivity contribution in [3.05, 3.63) is 34.9 Å². The van der Waals surface area contributed by atoms with Crippen molar-refractivity contribution in [2.75, 3.05) is 32.8 Å². The van der Waals surface area contributed by atoms with Gasteiger partial charge in [0.25, 0.3) is 0 Å². The average Bonchev–Trinajstić information content (AvgIpc) is 2.61. The van der Waals surface area contributed by atoms with E-state index >= 15 is 0 Å². The summed E-state index contributed by atoms with van der Waals surface area (Å²) < 4.78 is 5.58. The number of piperidine rings is 1. The highest BCUT2D eigenvalue weighted by atomic mass is 35.5. The van der Waals surface area contributed by atoms with E-state index in [0.717, 1.165) is 44.2 Å². The van der Waals surface area contributed by atoms with E-state index < -0.39 is 0 Å². The third-order valence-electron chi connectivity index (χ3n) is 5.12. The number of nitrogens with two attached hydrogens (primary N) is 1. The molecule has 23 heavy (non-hydrogen) atoms. The minimum absolute atomic E-state index is 0.0585. The molecule has 0 radical (unpaired) electrons. The Kier molecular flexibility index (Phi) is 5.44. The molecule has 2 saturated heterocycles. The molecule has 2 N–H and O–H groups in total. The molecule has 1 aromatic rings. The summed E-state index contributed by atoms with van der Waals surface area (Å²) >= 11 is 6.48. The molecule has 3 rings (SSSR count). The van der Waals surface area contributed by atoms with Crippen molar-refractivity contribution < 1.29 is 4.74 Å². The van der Waals surface area contributed by atoms with E-state index in [9.17, 15) is 0 Å². The van der Waals surface area contributed by atoms with Crippen LogP contribution in [0, 0.1) is 0 Å². The van der Waals surface area contributed by atoms with E-state index in [1.54, 1.807) is 0 Å². The summed E-state index contributed by atoms with van der Waals surface area (Å²) in [6, 6.07) is 8.12. The number of likely N-dealkylation sites (tertiary alicyclic amines) is 1. The molecule has 0 spiro atoms. The largest absolute Gasteiger partial charge is 0.381 e. The van der Waals surface area contributed by atoms with Crippen LogP contribution in [-0.4, -0.2) is 43.7 Å². The Balaban J connectivity index is 1.81. The third-order valence-corrected chi connectivity index (χ3v) is 5.45. The van der Waals surface area contributed by atoms with Gasteiger partial charge in [-0.1, -0.05) is 29.8 Å². The summed E-state index contributed by atoms with van der Waals surface area (Å²) in [5, 5.41) is 0.821. The number of aliphatic imine (C=N–C) groups is 1. The number of ether oxygens (including phenoxy) is 1. The van der Waals surface area contributed by atoms with E-state index in [1.807, 2.05) is 12.1 Å². The number of benzene rings is 1. The lowest BCUT2D eigenvalue weighted by Crippen LogP contribution is -2.43. The standard InChI is InChI=1S/C18H26ClN3O/c19-16-7-3-2-6-15(16)18(8-12-23-13-9-18)14-21-17(20)22-10-4-1-5-11-22/h2-3,6-7H,1,4-5,8-14H2,(H2,20,21). The van der Waals surface area contributed by atoms with Crippen LogP contribution in [0.3, 0.4) is 0 Å². The lowest BCUT2D eigenvalue weighted by Gasteiger charge is -2.37. The van der Waals surface area contributed by atoms with E-state index in [-0.39, 0.29) is 5.41 Å². The smallest absolute Gasteiger partial charge is 0.191 e. The summed E-state index contributed by atoms with van der Waals surface area (Å²) in [6.45, 7) is 4.24. The fourth-order valence-corrected chi connectivity index (χ4v) is 3.96. The van der Waals surface area contributed by atoms with Gasteiger partial charge < -0.3 is 15.4 Å². The normalized spacial score (nSPS) is 22.1. The monoisotopic (exact) mass is 335 g/mol. The quantitative estimate of drug-likeness (QED) is 0.681. The molecule has 0 aliphatic carbocycles. The van der Waals surface area contributed by atoms with Crippen molar-refractivity contribution in [1.29, 1.82) is 0 Å². The van der Waals surface area contributed by atoms with Crippen LogP contribution >= 0.6 is 11.6 Å². The Morgan fingerprint density at radius 1 is 1.17 bits per heavy atom. The zero-order valence-electron chi connectivity index (χ0n) is 13.6. The van der Waals surface area contributed by atoms with E-state index in [0.29, 0.717) is 12.5 Å². The van der Waals surface area contributed by atoms with Gasteiger partial charge in [-0.15, -0.1) is 0 Å². The molecule has 0 bridgehead atoms. The molecule has 0 unspecified atom stereocenters. The Morgan fingerprint density at radius 3 is 2.57 bits per heavy atom. The van der Waals surface area contributed by atoms with Crippen LogP contribution < -0.4 is 5.73 Å². The van der Waals surface area contributed by atoms with Crippen LogP contribution in [0.1, 0.15) is 37.7 Å². The maximum absolute atomic E-state index is 6.48. The number of nitrogens with zero attached hydrogens (tertiary/aromatic N) is 2. The van der Waals surface area contributed by atoms with Crippen molar-refractivity contribution >= 4 is 17.6 Å². The van der Waals surface area contributed by atoms with Gasteiger partial charge in [-0.2, -0.15) is 0 Å². The second-order valence-corrected chi connectivity index (χ2v) is 7.00. The van der Waals surface area contributed by atoms with Crippen LogP contribution in [0.15, 0.2) is 29.3 Å². The van der Waals surface area contributed by atoms with Gasteiger partial charge in [0.2, 0.25) is 0 Å². The summed E-state index contributed by atoms with van der Waals surface area (Å²) in [5.41, 5.74) is 7.37. The summed E-state index contributed by atoms with van der Waals surface area (Å²) in [7, 11) is 0. The van der Waals surface area contributed by atoms with E-state index in [4.69, 9.17) is 27.1 Å². The average molecular weight is 336 g/mol. The first-order chi connectivity index (χ1) is 11.2. The van der Waals surface area contributed by atoms with Crippen LogP contribution in [-0.2, 0) is 10.2 Å². The molecule has 2 fully saturated rings. The van der Waals surface area contributed by atoms with Gasteiger partial charge in [0.15, 0.2) is 5.96 Å². The Labute approximate surface area is 143 Å². The lowest BCUT2D eigenvalue weighted by atomic mass is 9.74. The number of hydrogen-bond acceptors (Lipinski definition) is 2. The van der Waals surface area contributed by atoms with Gasteiger partial charge >= 0.3 is 0 Å². The molecule has 126 valence electrons. The van der Waals surface area contributed by atoms with E-state index in [1.165, 1.54) is 24.8 Å². The first-order valence-corrected chi connectivity index (χ1v) is 8.97. The first kappa shape index (κ1) is 16.6. The van der Waals surface area contributed by atoms with Crippen molar-refractivity contribution in [3.63, 3.8) is 0 Å². The number of guanidine groups is 1. The lowest BCUT2D eigenvalue weighted by molar-refractivity contribution is 0.0530. The van der Waals surface area contributed by atoms with Crippen molar-refractivity contribution in [1.82, 2.24) is 4.90 Å². The van der Waals surface area contributed by atoms with Crippen LogP contribution in [0.5, 0.6) is 0 Å². The molecule has 2 aliphatic heterocycles. The summed E-state index contributed by atoms with van der Waals surface area (Å²) in [6.07, 6.45) is 5.59. The van der Waals surface area contributed by atoms with Crippen molar-refractivity contribution in [3.8, 4) is 0 Å². The third kappa shape index (κ3) is 3.81. The maximum Gasteiger partial charge on any atom is 0.191 e. The fourth-order valence-electron chi connectivity index (χ4n) is 3.62. The molecule has 5 heteroatoms. The highest BCUT2D eigenvalue weighted by Gasteiger charge is 2.36. The van der Waals surface area contributed by atoms with E-state index in [2.05, 4.69) is 17.0 Å². The first-order valence-electron chi connectivity index (χ1n) is 8.59. The highest BCUT2D eigenvalue weighted by Crippen LogP contribution is 2.38. The zero-order chi connectivity index (χ0) is 16.1. The minimum Gasteiger partial charge on any atom is -0.381 e. The molecule has 0 saturated carbocycles. The molecule has 4 nitrogen and oxygen atoms in total. The van der Waals surface area contributed by atoms with Crippen molar-refractivity contribution in [2.45, 2.75) is 37.5 Å². The molecular formula is C18H26ClN3O. The molecular weight excluding hydrogens is 310 g/mol. The predicted molar refractivity (Wildman–Crippen MR) is 95.1 cm³/mol. The van der Waals surface area contributed by atoms with Crippen LogP contribution in [0.25, 0.3) is 0 Å². The van der Waals surface area contributed by atoms with Gasteiger partial charge in [0, 0.05) is 36.7 Å². The Hall–Kier alpha value is -1.26. The topological polar surface area (TPSA) is 50.9 Å². The summed E-state index contributed by atoms with van der Waals surface area (Å²) in [5.74, 6) is 0.683. The second kappa shape index (κ2) is 7.54. The van der Waals surface area contributed by atoms with Gasteiger partial charge in [-0.25, -0.2) is 0 Å². The summed E-state index contributed by atoms with van der Waals surface area (Å²) in [4.78, 5) is 6.98. The molecule has 0 aromatic heterocycles. The van der Waals surface area contributed by atoms with Gasteiger partial charge in [-0.05, 0) is 43.7 Å². The number of rotatable bonds is 3. The van der Waals surface area contributed by atoms with Crippen LogP contribution in [0.4, 0.5) is 0 Å². The molecule has 1 aromatic carbocycles. The molecule has 2 aliphatic rings. The predicted octanol–water partition coefficient (Wildman–Crippen LogP) is 3.19. The molecule has 2 heterocycles. The maximum atomic E-state index is 6.48. The minimum atomic E-state index is -0.0585. The van der Waals surface area contributed by atoms with Crippen LogP contribution in [0.2, 0.25) is 5.02 Å². The second-order valence-electron chi connectivity index (χ2n) is 6.59. The Bertz CT molecular complexity index is 549. The number of halogens is 1. The van der Waals surface area contributed by atoms with Gasteiger partial charge in [-0.3, -0.25) is 4.99 Å². The molecule has 0 atom stereocenters. The van der Waals surface area contributed by atoms with Gasteiger partial charge in [0.1, 0.15) is 0 Å². The van der Waals surface area contributed by atoms with Gasteiger partial charge in [0.05, 0.1) is 6.54 Å². The fraction of sp³-hybridized carbons (Fsp3) is 0.611. The molecule has 0 amide bonds. The number of hydrogen-bond donors (Lipinski definition) is 1.